The van der Waals surface area contributed by atoms with Crippen LogP contribution in [0, 0.1) is 23.7 Å². The molecule has 1 rings (SSSR count). The predicted octanol–water partition coefficient (Wildman–Crippen LogP) is 4.49. The van der Waals surface area contributed by atoms with E-state index < -0.39 is 0 Å². The first-order valence-electron chi connectivity index (χ1n) is 6.17. The fourth-order valence-electron chi connectivity index (χ4n) is 2.25. The second-order valence-electron chi connectivity index (χ2n) is 5.25. The van der Waals surface area contributed by atoms with Crippen molar-refractivity contribution >= 4 is 0 Å². The Morgan fingerprint density at radius 2 is 1.31 bits per heavy atom. The van der Waals surface area contributed by atoms with E-state index in [1.807, 2.05) is 0 Å². The molecule has 0 nitrogen and oxygen atoms in total. The van der Waals surface area contributed by atoms with Crippen molar-refractivity contribution in [1.82, 2.24) is 0 Å². The average molecular weight is 182 g/mol. The maximum Gasteiger partial charge on any atom is -0.0380 e. The zero-order valence-electron chi connectivity index (χ0n) is 9.84. The van der Waals surface area contributed by atoms with Crippen molar-refractivity contribution in [2.45, 2.75) is 59.8 Å². The van der Waals surface area contributed by atoms with Crippen LogP contribution in [-0.2, 0) is 0 Å². The van der Waals surface area contributed by atoms with Crippen LogP contribution in [-0.4, -0.2) is 0 Å². The third-order valence-corrected chi connectivity index (χ3v) is 3.87. The van der Waals surface area contributed by atoms with Crippen LogP contribution in [0.1, 0.15) is 59.8 Å². The van der Waals surface area contributed by atoms with Crippen molar-refractivity contribution in [3.63, 3.8) is 0 Å². The molecule has 0 aromatic rings. The lowest BCUT2D eigenvalue weighted by molar-refractivity contribution is 0.420. The topological polar surface area (TPSA) is 0 Å². The van der Waals surface area contributed by atoms with Crippen molar-refractivity contribution < 1.29 is 0 Å². The summed E-state index contributed by atoms with van der Waals surface area (Å²) in [7, 11) is 0. The Hall–Kier alpha value is 0. The zero-order valence-corrected chi connectivity index (χ0v) is 9.84. The van der Waals surface area contributed by atoms with Gasteiger partial charge in [-0.2, -0.15) is 0 Å². The largest absolute Gasteiger partial charge is 0.0651 e. The Kier molecular flexibility index (Phi) is 4.28. The molecule has 0 aliphatic heterocycles. The molecule has 0 aromatic heterocycles. The van der Waals surface area contributed by atoms with E-state index in [2.05, 4.69) is 27.7 Å². The SMILES string of the molecule is CCC(C)CC1CC1CC(C)CC. The molecule has 0 radical (unpaired) electrons. The molecule has 0 aromatic carbocycles. The van der Waals surface area contributed by atoms with Gasteiger partial charge in [0.25, 0.3) is 0 Å². The predicted molar refractivity (Wildman–Crippen MR) is 59.7 cm³/mol. The number of hydrogen-bond acceptors (Lipinski definition) is 0. The summed E-state index contributed by atoms with van der Waals surface area (Å²) in [5, 5.41) is 0. The van der Waals surface area contributed by atoms with Gasteiger partial charge in [0.1, 0.15) is 0 Å². The Morgan fingerprint density at radius 3 is 1.62 bits per heavy atom. The fourth-order valence-corrected chi connectivity index (χ4v) is 2.25. The summed E-state index contributed by atoms with van der Waals surface area (Å²) in [6.45, 7) is 9.44. The van der Waals surface area contributed by atoms with Crippen molar-refractivity contribution in [2.75, 3.05) is 0 Å². The molecule has 0 amide bonds. The minimum atomic E-state index is 0.965. The maximum absolute atomic E-state index is 2.40. The molecule has 4 unspecified atom stereocenters. The third kappa shape index (κ3) is 3.70. The molecule has 1 aliphatic carbocycles. The van der Waals surface area contributed by atoms with Crippen LogP contribution >= 0.6 is 0 Å². The lowest BCUT2D eigenvalue weighted by atomic mass is 9.97. The van der Waals surface area contributed by atoms with E-state index in [9.17, 15) is 0 Å². The van der Waals surface area contributed by atoms with Gasteiger partial charge in [0.05, 0.1) is 0 Å². The first kappa shape index (κ1) is 11.1. The van der Waals surface area contributed by atoms with Crippen LogP contribution in [0.5, 0.6) is 0 Å². The Balaban J connectivity index is 2.08. The van der Waals surface area contributed by atoms with Crippen LogP contribution in [0.25, 0.3) is 0 Å². The molecule has 0 heteroatoms. The molecule has 78 valence electrons. The third-order valence-electron chi connectivity index (χ3n) is 3.87. The van der Waals surface area contributed by atoms with E-state index in [0.29, 0.717) is 0 Å². The van der Waals surface area contributed by atoms with E-state index >= 15 is 0 Å². The van der Waals surface area contributed by atoms with Crippen LogP contribution in [0.2, 0.25) is 0 Å². The Bertz CT molecular complexity index is 123. The van der Waals surface area contributed by atoms with Crippen LogP contribution in [0.15, 0.2) is 0 Å². The molecule has 4 atom stereocenters. The van der Waals surface area contributed by atoms with E-state index in [-0.39, 0.29) is 0 Å². The normalized spacial score (nSPS) is 31.4. The summed E-state index contributed by atoms with van der Waals surface area (Å²) >= 11 is 0. The van der Waals surface area contributed by atoms with Gasteiger partial charge in [-0.25, -0.2) is 0 Å². The van der Waals surface area contributed by atoms with Gasteiger partial charge in [0, 0.05) is 0 Å². The van der Waals surface area contributed by atoms with Gasteiger partial charge < -0.3 is 0 Å². The lowest BCUT2D eigenvalue weighted by Crippen LogP contribution is -1.98. The molecule has 0 bridgehead atoms. The number of rotatable bonds is 6. The summed E-state index contributed by atoms with van der Waals surface area (Å²) in [6, 6.07) is 0. The highest BCUT2D eigenvalue weighted by molar-refractivity contribution is 4.87. The van der Waals surface area contributed by atoms with E-state index in [1.54, 1.807) is 0 Å². The van der Waals surface area contributed by atoms with E-state index in [0.717, 1.165) is 23.7 Å². The van der Waals surface area contributed by atoms with Crippen LogP contribution < -0.4 is 0 Å². The van der Waals surface area contributed by atoms with Crippen LogP contribution in [0.3, 0.4) is 0 Å². The minimum Gasteiger partial charge on any atom is -0.0651 e. The standard InChI is InChI=1S/C13H26/c1-5-10(3)7-12-9-13(12)8-11(4)6-2/h10-13H,5-9H2,1-4H3. The van der Waals surface area contributed by atoms with Crippen molar-refractivity contribution in [2.24, 2.45) is 23.7 Å². The summed E-state index contributed by atoms with van der Waals surface area (Å²) in [4.78, 5) is 0. The van der Waals surface area contributed by atoms with Crippen molar-refractivity contribution in [3.05, 3.63) is 0 Å². The molecule has 13 heavy (non-hydrogen) atoms. The van der Waals surface area contributed by atoms with Gasteiger partial charge >= 0.3 is 0 Å². The molecule has 0 N–H and O–H groups in total. The van der Waals surface area contributed by atoms with Gasteiger partial charge in [-0.1, -0.05) is 40.5 Å². The molecular weight excluding hydrogens is 156 g/mol. The Morgan fingerprint density at radius 1 is 0.923 bits per heavy atom. The minimum absolute atomic E-state index is 0.965. The summed E-state index contributed by atoms with van der Waals surface area (Å²) in [6.07, 6.45) is 7.27. The van der Waals surface area contributed by atoms with Gasteiger partial charge in [0.15, 0.2) is 0 Å². The van der Waals surface area contributed by atoms with Gasteiger partial charge in [0.2, 0.25) is 0 Å². The van der Waals surface area contributed by atoms with E-state index in [4.69, 9.17) is 0 Å². The van der Waals surface area contributed by atoms with Crippen LogP contribution in [0.4, 0.5) is 0 Å². The maximum atomic E-state index is 2.40. The Labute approximate surface area is 84.1 Å². The first-order chi connectivity index (χ1) is 6.17. The summed E-state index contributed by atoms with van der Waals surface area (Å²) < 4.78 is 0. The molecule has 0 spiro atoms. The highest BCUT2D eigenvalue weighted by atomic mass is 14.4. The van der Waals surface area contributed by atoms with Gasteiger partial charge in [-0.05, 0) is 42.9 Å². The average Bonchev–Trinajstić information content (AvgIpc) is 2.83. The molecule has 0 heterocycles. The first-order valence-corrected chi connectivity index (χ1v) is 6.17. The quantitative estimate of drug-likeness (QED) is 0.567. The monoisotopic (exact) mass is 182 g/mol. The molecule has 1 fully saturated rings. The second kappa shape index (κ2) is 5.02. The molecule has 1 saturated carbocycles. The van der Waals surface area contributed by atoms with E-state index in [1.165, 1.54) is 32.1 Å². The highest BCUT2D eigenvalue weighted by Gasteiger charge is 2.37. The van der Waals surface area contributed by atoms with Gasteiger partial charge in [-0.3, -0.25) is 0 Å². The molecule has 1 aliphatic rings. The molecule has 0 saturated heterocycles. The van der Waals surface area contributed by atoms with Gasteiger partial charge in [-0.15, -0.1) is 0 Å². The smallest absolute Gasteiger partial charge is 0.0380 e. The van der Waals surface area contributed by atoms with Crippen molar-refractivity contribution in [3.8, 4) is 0 Å². The molecular formula is C13H26. The number of hydrogen-bond donors (Lipinski definition) is 0. The summed E-state index contributed by atoms with van der Waals surface area (Å²) in [5.74, 6) is 4.13. The summed E-state index contributed by atoms with van der Waals surface area (Å²) in [5.41, 5.74) is 0. The lowest BCUT2D eigenvalue weighted by Gasteiger charge is -2.09. The second-order valence-corrected chi connectivity index (χ2v) is 5.25. The fraction of sp³-hybridized carbons (Fsp3) is 1.00. The zero-order chi connectivity index (χ0) is 9.84. The van der Waals surface area contributed by atoms with Crippen molar-refractivity contribution in [1.29, 1.82) is 0 Å². The highest BCUT2D eigenvalue weighted by Crippen LogP contribution is 2.47.